The molecule has 1 saturated heterocycles. The van der Waals surface area contributed by atoms with Crippen molar-refractivity contribution in [3.8, 4) is 11.5 Å². The molecule has 1 unspecified atom stereocenters. The number of carboxylic acid groups (broad SMARTS) is 1. The molecular weight excluding hydrogens is 522 g/mol. The van der Waals surface area contributed by atoms with Crippen LogP contribution >= 0.6 is 11.6 Å². The predicted octanol–water partition coefficient (Wildman–Crippen LogP) is 2.36. The van der Waals surface area contributed by atoms with Gasteiger partial charge in [-0.15, -0.1) is 4.83 Å². The van der Waals surface area contributed by atoms with Gasteiger partial charge in [0.25, 0.3) is 10.0 Å². The minimum Gasteiger partial charge on any atom is -0.481 e. The number of aliphatic imine (C=N–C) groups is 1. The minimum atomic E-state index is -3.99. The Hall–Kier alpha value is -3.32. The highest BCUT2D eigenvalue weighted by Gasteiger charge is 2.35. The second-order valence-corrected chi connectivity index (χ2v) is 10.9. The van der Waals surface area contributed by atoms with Crippen molar-refractivity contribution < 1.29 is 27.8 Å². The number of likely N-dealkylation sites (tertiary alicyclic amines) is 1. The van der Waals surface area contributed by atoms with Crippen molar-refractivity contribution in [1.82, 2.24) is 20.1 Å². The molecule has 1 atom stereocenters. The summed E-state index contributed by atoms with van der Waals surface area (Å²) < 4.78 is 37.4. The van der Waals surface area contributed by atoms with Crippen molar-refractivity contribution in [2.45, 2.75) is 30.6 Å². The Labute approximate surface area is 219 Å². The van der Waals surface area contributed by atoms with E-state index < -0.39 is 28.2 Å². The molecule has 3 heterocycles. The molecule has 0 radical (unpaired) electrons. The molecule has 0 aliphatic carbocycles. The molecule has 2 aromatic carbocycles. The normalized spacial score (nSPS) is 20.1. The molecule has 0 aromatic heterocycles. The molecule has 3 N–H and O–H groups in total. The van der Waals surface area contributed by atoms with Crippen LogP contribution in [0.3, 0.4) is 0 Å². The van der Waals surface area contributed by atoms with Gasteiger partial charge in [0.1, 0.15) is 5.82 Å². The minimum absolute atomic E-state index is 0.0462. The zero-order valence-corrected chi connectivity index (χ0v) is 21.3. The van der Waals surface area contributed by atoms with Crippen molar-refractivity contribution in [2.24, 2.45) is 10.9 Å². The molecule has 5 rings (SSSR count). The van der Waals surface area contributed by atoms with Crippen molar-refractivity contribution in [3.63, 3.8) is 0 Å². The summed E-state index contributed by atoms with van der Waals surface area (Å²) in [4.78, 5) is 20.6. The van der Waals surface area contributed by atoms with Crippen molar-refractivity contribution in [3.05, 3.63) is 64.9 Å². The first-order chi connectivity index (χ1) is 17.8. The van der Waals surface area contributed by atoms with Crippen LogP contribution in [0, 0.1) is 5.92 Å². The number of piperidine rings is 1. The summed E-state index contributed by atoms with van der Waals surface area (Å²) in [5, 5.41) is 14.5. The van der Waals surface area contributed by atoms with Gasteiger partial charge in [0, 0.05) is 30.9 Å². The van der Waals surface area contributed by atoms with Gasteiger partial charge in [0.05, 0.1) is 10.8 Å². The lowest BCUT2D eigenvalue weighted by Gasteiger charge is -2.42. The maximum Gasteiger partial charge on any atom is 0.306 e. The lowest BCUT2D eigenvalue weighted by Crippen LogP contribution is -2.58. The van der Waals surface area contributed by atoms with Gasteiger partial charge >= 0.3 is 5.97 Å². The summed E-state index contributed by atoms with van der Waals surface area (Å²) in [5.74, 6) is 0.559. The number of nitrogens with zero attached hydrogens (tertiary/aromatic N) is 3. The predicted molar refractivity (Wildman–Crippen MR) is 135 cm³/mol. The van der Waals surface area contributed by atoms with Crippen molar-refractivity contribution in [1.29, 1.82) is 0 Å². The standard InChI is InChI=1S/C24H26ClN5O6S/c25-18-2-4-19(5-3-18)37(33,34)28-30-22(27-14-16-1-6-20-21(13-16)36-15-35-20)7-10-26-24(30)29-11-8-17(9-12-29)23(31)32/h1-7,10,13,17,24,27-28H,8-9,11-12,14-15H2,(H,31,32). The number of halogens is 1. The van der Waals surface area contributed by atoms with E-state index >= 15 is 0 Å². The van der Waals surface area contributed by atoms with Gasteiger partial charge in [0.15, 0.2) is 17.8 Å². The SMILES string of the molecule is O=C(O)C1CCN(C2N=CC=C(NCc3ccc4c(c3)OCO4)N2NS(=O)(=O)c2ccc(Cl)cc2)CC1. The Morgan fingerprint density at radius 1 is 1.11 bits per heavy atom. The third-order valence-electron chi connectivity index (χ3n) is 6.40. The van der Waals surface area contributed by atoms with Gasteiger partial charge < -0.3 is 19.9 Å². The summed E-state index contributed by atoms with van der Waals surface area (Å²) >= 11 is 5.94. The molecule has 196 valence electrons. The third kappa shape index (κ3) is 5.67. The zero-order valence-electron chi connectivity index (χ0n) is 19.7. The first-order valence-electron chi connectivity index (χ1n) is 11.7. The number of hydrogen-bond acceptors (Lipinski definition) is 9. The second kappa shape index (κ2) is 10.6. The van der Waals surface area contributed by atoms with Gasteiger partial charge in [-0.1, -0.05) is 17.7 Å². The number of rotatable bonds is 8. The average molecular weight is 548 g/mol. The molecule has 11 nitrogen and oxygen atoms in total. The Kier molecular flexibility index (Phi) is 7.24. The maximum absolute atomic E-state index is 13.3. The highest BCUT2D eigenvalue weighted by Crippen LogP contribution is 2.32. The van der Waals surface area contributed by atoms with Gasteiger partial charge in [-0.25, -0.2) is 13.4 Å². The van der Waals surface area contributed by atoms with E-state index in [2.05, 4.69) is 15.1 Å². The van der Waals surface area contributed by atoms with Gasteiger partial charge in [0.2, 0.25) is 6.79 Å². The Morgan fingerprint density at radius 2 is 1.84 bits per heavy atom. The van der Waals surface area contributed by atoms with E-state index in [9.17, 15) is 18.3 Å². The number of nitrogens with one attached hydrogen (secondary N) is 2. The van der Waals surface area contributed by atoms with E-state index in [0.29, 0.717) is 54.8 Å². The molecule has 0 spiro atoms. The Morgan fingerprint density at radius 3 is 2.57 bits per heavy atom. The number of ether oxygens (including phenoxy) is 2. The van der Waals surface area contributed by atoms with E-state index in [1.807, 2.05) is 23.1 Å². The van der Waals surface area contributed by atoms with E-state index in [0.717, 1.165) is 5.56 Å². The smallest absolute Gasteiger partial charge is 0.306 e. The molecule has 2 aromatic rings. The first-order valence-corrected chi connectivity index (χ1v) is 13.6. The van der Waals surface area contributed by atoms with Crippen LogP contribution in [-0.2, 0) is 21.4 Å². The lowest BCUT2D eigenvalue weighted by atomic mass is 9.97. The van der Waals surface area contributed by atoms with Gasteiger partial charge in [-0.2, -0.15) is 0 Å². The summed E-state index contributed by atoms with van der Waals surface area (Å²) in [7, 11) is -3.99. The topological polar surface area (TPSA) is 133 Å². The van der Waals surface area contributed by atoms with E-state index in [4.69, 9.17) is 21.1 Å². The average Bonchev–Trinajstić information content (AvgIpc) is 3.36. The number of hydrazine groups is 1. The van der Waals surface area contributed by atoms with Gasteiger partial charge in [-0.05, 0) is 60.9 Å². The van der Waals surface area contributed by atoms with E-state index in [1.54, 1.807) is 12.3 Å². The van der Waals surface area contributed by atoms with Crippen LogP contribution in [0.15, 0.2) is 64.2 Å². The number of carboxylic acids is 1. The Balaban J connectivity index is 1.37. The summed E-state index contributed by atoms with van der Waals surface area (Å²) in [6, 6.07) is 11.5. The van der Waals surface area contributed by atoms with Crippen LogP contribution in [0.1, 0.15) is 18.4 Å². The molecular formula is C24H26ClN5O6S. The van der Waals surface area contributed by atoms with E-state index in [-0.39, 0.29) is 11.7 Å². The molecule has 1 fully saturated rings. The van der Waals surface area contributed by atoms with Crippen molar-refractivity contribution >= 4 is 33.8 Å². The zero-order chi connectivity index (χ0) is 26.0. The van der Waals surface area contributed by atoms with Gasteiger partial charge in [-0.3, -0.25) is 14.7 Å². The lowest BCUT2D eigenvalue weighted by molar-refractivity contribution is -0.143. The summed E-state index contributed by atoms with van der Waals surface area (Å²) in [6.07, 6.45) is 3.48. The van der Waals surface area contributed by atoms with Crippen LogP contribution in [-0.4, -0.2) is 61.8 Å². The maximum atomic E-state index is 13.3. The fraction of sp³-hybridized carbons (Fsp3) is 0.333. The molecule has 3 aliphatic rings. The molecule has 0 amide bonds. The number of allylic oxidation sites excluding steroid dienone is 1. The molecule has 37 heavy (non-hydrogen) atoms. The number of sulfonamides is 1. The highest BCUT2D eigenvalue weighted by atomic mass is 35.5. The quantitative estimate of drug-likeness (QED) is 0.455. The fourth-order valence-corrected chi connectivity index (χ4v) is 5.55. The fourth-order valence-electron chi connectivity index (χ4n) is 4.38. The number of aliphatic carboxylic acids is 1. The first kappa shape index (κ1) is 25.3. The van der Waals surface area contributed by atoms with E-state index in [1.165, 1.54) is 29.3 Å². The monoisotopic (exact) mass is 547 g/mol. The highest BCUT2D eigenvalue weighted by molar-refractivity contribution is 7.89. The van der Waals surface area contributed by atoms with Crippen LogP contribution in [0.5, 0.6) is 11.5 Å². The van der Waals surface area contributed by atoms with Crippen LogP contribution < -0.4 is 19.6 Å². The Bertz CT molecular complexity index is 1330. The number of carbonyl (C=O) groups is 1. The largest absolute Gasteiger partial charge is 0.481 e. The second-order valence-electron chi connectivity index (χ2n) is 8.80. The molecule has 0 bridgehead atoms. The molecule has 3 aliphatic heterocycles. The van der Waals surface area contributed by atoms with Crippen LogP contribution in [0.25, 0.3) is 0 Å². The number of fused-ring (bicyclic) bond motifs is 1. The number of hydrogen-bond donors (Lipinski definition) is 3. The molecule has 0 saturated carbocycles. The number of benzene rings is 2. The summed E-state index contributed by atoms with van der Waals surface area (Å²) in [5.41, 5.74) is 0.909. The summed E-state index contributed by atoms with van der Waals surface area (Å²) in [6.45, 7) is 1.46. The third-order valence-corrected chi connectivity index (χ3v) is 7.98. The van der Waals surface area contributed by atoms with Crippen molar-refractivity contribution in [2.75, 3.05) is 19.9 Å². The van der Waals surface area contributed by atoms with Crippen LogP contribution in [0.2, 0.25) is 5.02 Å². The van der Waals surface area contributed by atoms with Crippen LogP contribution in [0.4, 0.5) is 0 Å². The molecule has 13 heteroatoms.